The molecule has 0 aliphatic carbocycles. The second-order valence-electron chi connectivity index (χ2n) is 5.22. The maximum Gasteiger partial charge on any atom is 0.141 e. The van der Waals surface area contributed by atoms with E-state index in [1.54, 1.807) is 24.8 Å². The molecule has 0 bridgehead atoms. The number of benzene rings is 2. The van der Waals surface area contributed by atoms with Crippen LogP contribution in [0.5, 0.6) is 5.75 Å². The number of hydrogen-bond acceptors (Lipinski definition) is 6. The summed E-state index contributed by atoms with van der Waals surface area (Å²) in [4.78, 5) is 13.1. The summed E-state index contributed by atoms with van der Waals surface area (Å²) in [6.07, 6.45) is 1.56. The molecule has 0 amide bonds. The van der Waals surface area contributed by atoms with Crippen molar-refractivity contribution in [2.45, 2.75) is 20.8 Å². The normalized spacial score (nSPS) is 10.4. The number of fused-ring (bicyclic) bond motifs is 2. The van der Waals surface area contributed by atoms with Crippen LogP contribution in [0.3, 0.4) is 0 Å². The first-order chi connectivity index (χ1) is 12.2. The fourth-order valence-electron chi connectivity index (χ4n) is 2.58. The minimum absolute atomic E-state index is 0.773. The van der Waals surface area contributed by atoms with E-state index in [0.717, 1.165) is 39.2 Å². The van der Waals surface area contributed by atoms with Gasteiger partial charge < -0.3 is 10.1 Å². The molecule has 2 aromatic heterocycles. The summed E-state index contributed by atoms with van der Waals surface area (Å²) in [6.45, 7) is 6.01. The van der Waals surface area contributed by atoms with Crippen LogP contribution >= 0.6 is 11.3 Å². The molecule has 5 nitrogen and oxygen atoms in total. The maximum atomic E-state index is 5.36. The third-order valence-corrected chi connectivity index (χ3v) is 4.56. The Bertz CT molecular complexity index is 1010. The van der Waals surface area contributed by atoms with Gasteiger partial charge >= 0.3 is 0 Å². The molecule has 0 saturated carbocycles. The number of methoxy groups -OCH3 is 1. The third-order valence-electron chi connectivity index (χ3n) is 3.75. The van der Waals surface area contributed by atoms with E-state index >= 15 is 0 Å². The van der Waals surface area contributed by atoms with E-state index in [9.17, 15) is 0 Å². The minimum Gasteiger partial charge on any atom is -0.496 e. The zero-order valence-corrected chi connectivity index (χ0v) is 15.5. The Kier molecular flexibility index (Phi) is 5.09. The van der Waals surface area contributed by atoms with Crippen molar-refractivity contribution in [1.29, 1.82) is 0 Å². The van der Waals surface area contributed by atoms with Gasteiger partial charge in [-0.25, -0.2) is 15.0 Å². The highest BCUT2D eigenvalue weighted by Gasteiger charge is 2.09. The predicted octanol–water partition coefficient (Wildman–Crippen LogP) is 5.33. The Morgan fingerprint density at radius 3 is 2.64 bits per heavy atom. The van der Waals surface area contributed by atoms with Gasteiger partial charge in [-0.1, -0.05) is 13.8 Å². The first kappa shape index (κ1) is 17.1. The number of thiazole rings is 1. The van der Waals surface area contributed by atoms with E-state index in [4.69, 9.17) is 4.74 Å². The zero-order valence-electron chi connectivity index (χ0n) is 14.7. The van der Waals surface area contributed by atoms with Gasteiger partial charge in [0.05, 0.1) is 28.4 Å². The largest absolute Gasteiger partial charge is 0.496 e. The highest BCUT2D eigenvalue weighted by atomic mass is 32.1. The first-order valence-electron chi connectivity index (χ1n) is 8.14. The quantitative estimate of drug-likeness (QED) is 0.540. The molecule has 4 rings (SSSR count). The molecular formula is C19H20N4OS. The van der Waals surface area contributed by atoms with Crippen molar-refractivity contribution in [2.24, 2.45) is 0 Å². The van der Waals surface area contributed by atoms with E-state index in [1.807, 2.05) is 50.5 Å². The molecule has 6 heteroatoms. The SMILES string of the molecule is CC.COc1cc2ncnc(Nc3ccc4scnc4c3)c2cc1C. The number of ether oxygens (including phenoxy) is 1. The van der Waals surface area contributed by atoms with Crippen molar-refractivity contribution in [2.75, 3.05) is 12.4 Å². The Morgan fingerprint density at radius 1 is 1.00 bits per heavy atom. The van der Waals surface area contributed by atoms with Crippen LogP contribution < -0.4 is 10.1 Å². The molecular weight excluding hydrogens is 332 g/mol. The van der Waals surface area contributed by atoms with Crippen molar-refractivity contribution < 1.29 is 4.74 Å². The van der Waals surface area contributed by atoms with Crippen molar-refractivity contribution in [1.82, 2.24) is 15.0 Å². The van der Waals surface area contributed by atoms with E-state index in [1.165, 1.54) is 4.70 Å². The Morgan fingerprint density at radius 2 is 1.84 bits per heavy atom. The number of anilines is 2. The van der Waals surface area contributed by atoms with E-state index in [2.05, 4.69) is 26.3 Å². The fourth-order valence-corrected chi connectivity index (χ4v) is 3.24. The summed E-state index contributed by atoms with van der Waals surface area (Å²) >= 11 is 1.63. The van der Waals surface area contributed by atoms with Gasteiger partial charge in [-0.2, -0.15) is 0 Å². The molecule has 2 aromatic carbocycles. The lowest BCUT2D eigenvalue weighted by Gasteiger charge is -2.11. The number of aryl methyl sites for hydroxylation is 1. The van der Waals surface area contributed by atoms with Gasteiger partial charge in [0, 0.05) is 17.1 Å². The van der Waals surface area contributed by atoms with Gasteiger partial charge in [0.15, 0.2) is 0 Å². The number of rotatable bonds is 3. The lowest BCUT2D eigenvalue weighted by molar-refractivity contribution is 0.412. The van der Waals surface area contributed by atoms with E-state index in [0.29, 0.717) is 0 Å². The van der Waals surface area contributed by atoms with Gasteiger partial charge in [-0.05, 0) is 36.8 Å². The molecule has 0 spiro atoms. The molecule has 0 fully saturated rings. The molecule has 0 aliphatic rings. The fraction of sp³-hybridized carbons (Fsp3) is 0.211. The van der Waals surface area contributed by atoms with Gasteiger partial charge in [-0.15, -0.1) is 11.3 Å². The van der Waals surface area contributed by atoms with Crippen molar-refractivity contribution >= 4 is 44.0 Å². The second-order valence-corrected chi connectivity index (χ2v) is 6.11. The number of nitrogens with zero attached hydrogens (tertiary/aromatic N) is 3. The molecule has 2 heterocycles. The standard InChI is InChI=1S/C17H14N4OS.C2H6/c1-10-5-12-13(7-15(10)22-2)18-8-19-17(12)21-11-3-4-16-14(6-11)20-9-23-16;1-2/h3-9H,1-2H3,(H,18,19,21);1-2H3. The van der Waals surface area contributed by atoms with Crippen LogP contribution in [0.4, 0.5) is 11.5 Å². The van der Waals surface area contributed by atoms with E-state index < -0.39 is 0 Å². The summed E-state index contributed by atoms with van der Waals surface area (Å²) in [7, 11) is 1.66. The van der Waals surface area contributed by atoms with Gasteiger partial charge in [-0.3, -0.25) is 0 Å². The second kappa shape index (κ2) is 7.44. The summed E-state index contributed by atoms with van der Waals surface area (Å²) in [5, 5.41) is 4.33. The van der Waals surface area contributed by atoms with Crippen molar-refractivity contribution in [3.63, 3.8) is 0 Å². The van der Waals surface area contributed by atoms with Crippen LogP contribution in [-0.4, -0.2) is 22.1 Å². The molecule has 1 N–H and O–H groups in total. The molecule has 0 atom stereocenters. The molecule has 25 heavy (non-hydrogen) atoms. The molecule has 0 aliphatic heterocycles. The Balaban J connectivity index is 0.000000880. The van der Waals surface area contributed by atoms with Crippen LogP contribution in [0.15, 0.2) is 42.2 Å². The third kappa shape index (κ3) is 3.39. The van der Waals surface area contributed by atoms with Gasteiger partial charge in [0.25, 0.3) is 0 Å². The molecule has 4 aromatic rings. The minimum atomic E-state index is 0.773. The van der Waals surface area contributed by atoms with Crippen LogP contribution in [0.1, 0.15) is 19.4 Å². The Hall–Kier alpha value is -2.73. The van der Waals surface area contributed by atoms with Crippen LogP contribution in [0.2, 0.25) is 0 Å². The summed E-state index contributed by atoms with van der Waals surface area (Å²) < 4.78 is 6.53. The lowest BCUT2D eigenvalue weighted by Crippen LogP contribution is -1.97. The van der Waals surface area contributed by atoms with Crippen molar-refractivity contribution in [3.8, 4) is 5.75 Å². The van der Waals surface area contributed by atoms with Gasteiger partial charge in [0.2, 0.25) is 0 Å². The van der Waals surface area contributed by atoms with Crippen LogP contribution in [0, 0.1) is 6.92 Å². The zero-order chi connectivity index (χ0) is 17.8. The molecule has 0 unspecified atom stereocenters. The van der Waals surface area contributed by atoms with Crippen LogP contribution in [-0.2, 0) is 0 Å². The average molecular weight is 352 g/mol. The highest BCUT2D eigenvalue weighted by Crippen LogP contribution is 2.30. The lowest BCUT2D eigenvalue weighted by atomic mass is 10.1. The smallest absolute Gasteiger partial charge is 0.141 e. The monoisotopic (exact) mass is 352 g/mol. The molecule has 0 saturated heterocycles. The first-order valence-corrected chi connectivity index (χ1v) is 9.02. The maximum absolute atomic E-state index is 5.36. The topological polar surface area (TPSA) is 59.9 Å². The van der Waals surface area contributed by atoms with Crippen LogP contribution in [0.25, 0.3) is 21.1 Å². The number of hydrogen-bond donors (Lipinski definition) is 1. The Labute approximate surface area is 150 Å². The number of aromatic nitrogens is 3. The summed E-state index contributed by atoms with van der Waals surface area (Å²) in [6, 6.07) is 10.1. The van der Waals surface area contributed by atoms with Gasteiger partial charge in [0.1, 0.15) is 17.9 Å². The number of nitrogens with one attached hydrogen (secondary N) is 1. The van der Waals surface area contributed by atoms with Crippen molar-refractivity contribution in [3.05, 3.63) is 47.7 Å². The average Bonchev–Trinajstić information content (AvgIpc) is 3.11. The molecule has 0 radical (unpaired) electrons. The van der Waals surface area contributed by atoms with E-state index in [-0.39, 0.29) is 0 Å². The molecule has 128 valence electrons. The predicted molar refractivity (Wildman–Crippen MR) is 105 cm³/mol. The summed E-state index contributed by atoms with van der Waals surface area (Å²) in [5.74, 6) is 1.60. The highest BCUT2D eigenvalue weighted by molar-refractivity contribution is 7.16. The summed E-state index contributed by atoms with van der Waals surface area (Å²) in [5.41, 5.74) is 5.69.